The fourth-order valence-electron chi connectivity index (χ4n) is 3.33. The molecule has 3 N–H and O–H groups in total. The van der Waals surface area contributed by atoms with Crippen molar-refractivity contribution in [1.29, 1.82) is 0 Å². The molecule has 1 aliphatic heterocycles. The molecule has 0 bridgehead atoms. The lowest BCUT2D eigenvalue weighted by molar-refractivity contribution is -0.122. The van der Waals surface area contributed by atoms with Crippen LogP contribution in [0.3, 0.4) is 0 Å². The fraction of sp³-hybridized carbons (Fsp3) is 0.150. The Hall–Kier alpha value is -3.81. The van der Waals surface area contributed by atoms with Gasteiger partial charge in [-0.15, -0.1) is 0 Å². The van der Waals surface area contributed by atoms with Crippen LogP contribution >= 0.6 is 0 Å². The topological polar surface area (TPSA) is 122 Å². The molecule has 0 saturated heterocycles. The third-order valence-electron chi connectivity index (χ3n) is 4.78. The van der Waals surface area contributed by atoms with E-state index in [0.717, 1.165) is 11.1 Å². The Morgan fingerprint density at radius 3 is 2.50 bits per heavy atom. The number of hydrogen-bond acceptors (Lipinski definition) is 5. The minimum atomic E-state index is -0.822. The highest BCUT2D eigenvalue weighted by atomic mass is 16.2. The Bertz CT molecular complexity index is 1110. The van der Waals surface area contributed by atoms with Crippen LogP contribution in [0.5, 0.6) is 0 Å². The van der Waals surface area contributed by atoms with E-state index < -0.39 is 23.4 Å². The number of H-pyrrole nitrogens is 1. The summed E-state index contributed by atoms with van der Waals surface area (Å²) in [5.74, 6) is -0.936. The number of amides is 2. The lowest BCUT2D eigenvalue weighted by Gasteiger charge is -2.34. The van der Waals surface area contributed by atoms with Crippen molar-refractivity contribution in [2.75, 3.05) is 0 Å². The fourth-order valence-corrected chi connectivity index (χ4v) is 3.33. The predicted octanol–water partition coefficient (Wildman–Crippen LogP) is 0.884. The summed E-state index contributed by atoms with van der Waals surface area (Å²) >= 11 is 0. The van der Waals surface area contributed by atoms with Crippen LogP contribution < -0.4 is 11.3 Å². The van der Waals surface area contributed by atoms with Gasteiger partial charge >= 0.3 is 0 Å². The SMILES string of the molecule is NC(=O)[C@@H]1Cc2ccccc2CN1C(=O)c1cnc(-c2ccccn2)[nH]c1=O. The van der Waals surface area contributed by atoms with Crippen LogP contribution in [0, 0.1) is 0 Å². The average Bonchev–Trinajstić information content (AvgIpc) is 2.72. The van der Waals surface area contributed by atoms with Crippen LogP contribution in [0.1, 0.15) is 21.5 Å². The molecule has 28 heavy (non-hydrogen) atoms. The van der Waals surface area contributed by atoms with E-state index in [1.165, 1.54) is 11.1 Å². The lowest BCUT2D eigenvalue weighted by atomic mass is 9.93. The third kappa shape index (κ3) is 3.16. The van der Waals surface area contributed by atoms with E-state index in [9.17, 15) is 14.4 Å². The summed E-state index contributed by atoms with van der Waals surface area (Å²) in [6.07, 6.45) is 3.11. The number of aromatic nitrogens is 3. The Morgan fingerprint density at radius 1 is 1.07 bits per heavy atom. The minimum Gasteiger partial charge on any atom is -0.368 e. The number of fused-ring (bicyclic) bond motifs is 1. The Balaban J connectivity index is 1.68. The zero-order valence-electron chi connectivity index (χ0n) is 14.8. The van der Waals surface area contributed by atoms with Crippen LogP contribution in [-0.2, 0) is 17.8 Å². The number of benzene rings is 1. The maximum absolute atomic E-state index is 13.0. The Labute approximate surface area is 160 Å². The molecule has 8 heteroatoms. The highest BCUT2D eigenvalue weighted by Crippen LogP contribution is 2.24. The largest absolute Gasteiger partial charge is 0.368 e. The number of rotatable bonds is 3. The van der Waals surface area contributed by atoms with Gasteiger partial charge in [-0.1, -0.05) is 30.3 Å². The molecule has 3 heterocycles. The molecule has 1 aliphatic rings. The molecule has 3 aromatic rings. The first-order valence-electron chi connectivity index (χ1n) is 8.72. The molecule has 8 nitrogen and oxygen atoms in total. The second kappa shape index (κ2) is 7.07. The second-order valence-electron chi connectivity index (χ2n) is 6.51. The summed E-state index contributed by atoms with van der Waals surface area (Å²) in [6.45, 7) is 0.198. The van der Waals surface area contributed by atoms with E-state index in [1.54, 1.807) is 24.4 Å². The number of pyridine rings is 1. The molecule has 140 valence electrons. The van der Waals surface area contributed by atoms with E-state index in [2.05, 4.69) is 15.0 Å². The van der Waals surface area contributed by atoms with E-state index >= 15 is 0 Å². The zero-order chi connectivity index (χ0) is 19.7. The maximum Gasteiger partial charge on any atom is 0.264 e. The van der Waals surface area contributed by atoms with Crippen molar-refractivity contribution in [3.63, 3.8) is 0 Å². The number of nitrogens with zero attached hydrogens (tertiary/aromatic N) is 3. The second-order valence-corrected chi connectivity index (χ2v) is 6.51. The van der Waals surface area contributed by atoms with Crippen LogP contribution in [-0.4, -0.2) is 37.7 Å². The van der Waals surface area contributed by atoms with Gasteiger partial charge in [0.25, 0.3) is 11.5 Å². The number of hydrogen-bond donors (Lipinski definition) is 2. The molecule has 1 aromatic carbocycles. The first-order chi connectivity index (χ1) is 13.5. The maximum atomic E-state index is 13.0. The summed E-state index contributed by atoms with van der Waals surface area (Å²) in [4.78, 5) is 49.7. The van der Waals surface area contributed by atoms with Crippen molar-refractivity contribution in [2.45, 2.75) is 19.0 Å². The van der Waals surface area contributed by atoms with Crippen LogP contribution in [0.15, 0.2) is 59.7 Å². The van der Waals surface area contributed by atoms with Crippen LogP contribution in [0.2, 0.25) is 0 Å². The Kier molecular flexibility index (Phi) is 4.44. The minimum absolute atomic E-state index is 0.148. The van der Waals surface area contributed by atoms with Gasteiger partial charge in [0.15, 0.2) is 5.82 Å². The average molecular weight is 375 g/mol. The van der Waals surface area contributed by atoms with E-state index in [1.807, 2.05) is 24.3 Å². The summed E-state index contributed by atoms with van der Waals surface area (Å²) < 4.78 is 0. The number of nitrogens with two attached hydrogens (primary N) is 1. The molecule has 2 amide bonds. The third-order valence-corrected chi connectivity index (χ3v) is 4.78. The summed E-state index contributed by atoms with van der Waals surface area (Å²) in [5, 5.41) is 0. The molecule has 4 rings (SSSR count). The number of carbonyl (C=O) groups is 2. The van der Waals surface area contributed by atoms with Crippen molar-refractivity contribution in [2.24, 2.45) is 5.73 Å². The standard InChI is InChI=1S/C20H17N5O3/c21-17(26)16-9-12-5-1-2-6-13(12)11-25(16)20(28)14-10-23-18(24-19(14)27)15-7-3-4-8-22-15/h1-8,10,16H,9,11H2,(H2,21,26)(H,23,24,27)/t16-/m0/s1. The van der Waals surface area contributed by atoms with Crippen molar-refractivity contribution in [1.82, 2.24) is 19.9 Å². The van der Waals surface area contributed by atoms with Gasteiger partial charge in [0.1, 0.15) is 17.3 Å². The highest BCUT2D eigenvalue weighted by molar-refractivity contribution is 5.97. The van der Waals surface area contributed by atoms with Crippen molar-refractivity contribution < 1.29 is 9.59 Å². The van der Waals surface area contributed by atoms with Gasteiger partial charge in [-0.2, -0.15) is 0 Å². The van der Waals surface area contributed by atoms with Crippen molar-refractivity contribution in [3.8, 4) is 11.5 Å². The summed E-state index contributed by atoms with van der Waals surface area (Å²) in [5.41, 5.74) is 7.16. The molecule has 0 unspecified atom stereocenters. The highest BCUT2D eigenvalue weighted by Gasteiger charge is 2.34. The van der Waals surface area contributed by atoms with Gasteiger partial charge in [-0.25, -0.2) is 4.98 Å². The normalized spacial score (nSPS) is 15.7. The zero-order valence-corrected chi connectivity index (χ0v) is 14.8. The summed E-state index contributed by atoms with van der Waals surface area (Å²) in [6, 6.07) is 11.9. The van der Waals surface area contributed by atoms with E-state index in [4.69, 9.17) is 5.73 Å². The molecule has 0 spiro atoms. The molecule has 1 atom stereocenters. The molecular weight excluding hydrogens is 358 g/mol. The smallest absolute Gasteiger partial charge is 0.264 e. The van der Waals surface area contributed by atoms with Gasteiger partial charge in [0.2, 0.25) is 5.91 Å². The van der Waals surface area contributed by atoms with Gasteiger partial charge in [-0.05, 0) is 23.3 Å². The van der Waals surface area contributed by atoms with Crippen molar-refractivity contribution >= 4 is 11.8 Å². The predicted molar refractivity (Wildman–Crippen MR) is 101 cm³/mol. The van der Waals surface area contributed by atoms with Crippen LogP contribution in [0.4, 0.5) is 0 Å². The molecule has 0 radical (unpaired) electrons. The van der Waals surface area contributed by atoms with E-state index in [-0.39, 0.29) is 17.9 Å². The number of primary amides is 1. The number of carbonyl (C=O) groups excluding carboxylic acids is 2. The first kappa shape index (κ1) is 17.6. The molecule has 0 saturated carbocycles. The first-order valence-corrected chi connectivity index (χ1v) is 8.72. The van der Waals surface area contributed by atoms with Crippen LogP contribution in [0.25, 0.3) is 11.5 Å². The van der Waals surface area contributed by atoms with E-state index in [0.29, 0.717) is 12.1 Å². The molecule has 2 aromatic heterocycles. The summed E-state index contributed by atoms with van der Waals surface area (Å²) in [7, 11) is 0. The van der Waals surface area contributed by atoms with Gasteiger partial charge in [0.05, 0.1) is 0 Å². The monoisotopic (exact) mass is 375 g/mol. The number of nitrogens with one attached hydrogen (secondary N) is 1. The molecular formula is C20H17N5O3. The lowest BCUT2D eigenvalue weighted by Crippen LogP contribution is -2.52. The molecule has 0 aliphatic carbocycles. The quantitative estimate of drug-likeness (QED) is 0.704. The Morgan fingerprint density at radius 2 is 1.82 bits per heavy atom. The number of aromatic amines is 1. The molecule has 0 fully saturated rings. The van der Waals surface area contributed by atoms with Crippen molar-refractivity contribution in [3.05, 3.63) is 81.9 Å². The van der Waals surface area contributed by atoms with Gasteiger partial charge in [-0.3, -0.25) is 19.4 Å². The van der Waals surface area contributed by atoms with Gasteiger partial charge < -0.3 is 15.6 Å². The van der Waals surface area contributed by atoms with Gasteiger partial charge in [0, 0.05) is 25.4 Å².